The molecule has 0 aliphatic heterocycles. The van der Waals surface area contributed by atoms with E-state index in [0.29, 0.717) is 5.56 Å². The lowest BCUT2D eigenvalue weighted by atomic mass is 10.0. The zero-order valence-corrected chi connectivity index (χ0v) is 8.47. The summed E-state index contributed by atoms with van der Waals surface area (Å²) in [7, 11) is 0. The molecule has 0 saturated heterocycles. The summed E-state index contributed by atoms with van der Waals surface area (Å²) in [5, 5.41) is 5.48. The Morgan fingerprint density at radius 3 is 2.31 bits per heavy atom. The normalized spacial score (nSPS) is 11.8. The Labute approximate surface area is 90.1 Å². The highest BCUT2D eigenvalue weighted by molar-refractivity contribution is 5.65. The third-order valence-corrected chi connectivity index (χ3v) is 2.27. The second-order valence-electron chi connectivity index (χ2n) is 3.51. The average Bonchev–Trinajstić information content (AvgIpc) is 2.66. The van der Waals surface area contributed by atoms with Crippen LogP contribution in [-0.2, 0) is 6.18 Å². The highest BCUT2D eigenvalue weighted by Crippen LogP contribution is 2.35. The molecule has 2 rings (SSSR count). The van der Waals surface area contributed by atoms with Gasteiger partial charge in [-0.1, -0.05) is 29.8 Å². The maximum absolute atomic E-state index is 12.6. The molecule has 0 bridgehead atoms. The molecule has 0 amide bonds. The maximum Gasteiger partial charge on any atom is 0.435 e. The maximum atomic E-state index is 12.6. The summed E-state index contributed by atoms with van der Waals surface area (Å²) >= 11 is 0. The lowest BCUT2D eigenvalue weighted by molar-refractivity contribution is -0.140. The quantitative estimate of drug-likeness (QED) is 0.793. The number of alkyl halides is 3. The molecule has 1 aromatic heterocycles. The molecule has 0 saturated carbocycles. The van der Waals surface area contributed by atoms with E-state index in [4.69, 9.17) is 0 Å². The van der Waals surface area contributed by atoms with Crippen molar-refractivity contribution in [2.24, 2.45) is 0 Å². The third kappa shape index (κ3) is 1.93. The Morgan fingerprint density at radius 2 is 1.75 bits per heavy atom. The smallest absolute Gasteiger partial charge is 0.284 e. The Balaban J connectivity index is 2.49. The number of hydrogen-bond acceptors (Lipinski definition) is 1. The minimum atomic E-state index is -4.43. The first kappa shape index (κ1) is 10.7. The van der Waals surface area contributed by atoms with Gasteiger partial charge in [-0.3, -0.25) is 5.10 Å². The van der Waals surface area contributed by atoms with Gasteiger partial charge in [-0.2, -0.15) is 18.3 Å². The van der Waals surface area contributed by atoms with Crippen LogP contribution in [0.25, 0.3) is 11.1 Å². The monoisotopic (exact) mass is 226 g/mol. The number of hydrogen-bond donors (Lipinski definition) is 1. The van der Waals surface area contributed by atoms with E-state index in [-0.39, 0.29) is 5.56 Å². The van der Waals surface area contributed by atoms with Gasteiger partial charge in [-0.15, -0.1) is 0 Å². The van der Waals surface area contributed by atoms with Crippen LogP contribution in [0.2, 0.25) is 0 Å². The van der Waals surface area contributed by atoms with Crippen molar-refractivity contribution >= 4 is 0 Å². The molecule has 0 unspecified atom stereocenters. The lowest BCUT2D eigenvalue weighted by Gasteiger charge is -2.06. The van der Waals surface area contributed by atoms with E-state index in [9.17, 15) is 13.2 Å². The zero-order valence-electron chi connectivity index (χ0n) is 8.47. The first-order valence-corrected chi connectivity index (χ1v) is 4.66. The van der Waals surface area contributed by atoms with Crippen molar-refractivity contribution < 1.29 is 13.2 Å². The van der Waals surface area contributed by atoms with Gasteiger partial charge in [0.15, 0.2) is 5.69 Å². The van der Waals surface area contributed by atoms with Gasteiger partial charge in [-0.05, 0) is 12.5 Å². The van der Waals surface area contributed by atoms with Crippen LogP contribution in [0.1, 0.15) is 11.3 Å². The van der Waals surface area contributed by atoms with Crippen molar-refractivity contribution in [2.45, 2.75) is 13.1 Å². The summed E-state index contributed by atoms with van der Waals surface area (Å²) in [5.74, 6) is 0. The molecule has 0 aliphatic rings. The first-order chi connectivity index (χ1) is 7.48. The first-order valence-electron chi connectivity index (χ1n) is 4.66. The molecule has 0 radical (unpaired) electrons. The number of H-pyrrole nitrogens is 1. The van der Waals surface area contributed by atoms with Crippen LogP contribution in [-0.4, -0.2) is 10.2 Å². The summed E-state index contributed by atoms with van der Waals surface area (Å²) in [4.78, 5) is 0. The molecule has 2 nitrogen and oxygen atoms in total. The SMILES string of the molecule is Cc1ccc(-c2c[nH]nc2C(F)(F)F)cc1. The molecule has 1 N–H and O–H groups in total. The van der Waals surface area contributed by atoms with Crippen molar-refractivity contribution in [3.05, 3.63) is 41.7 Å². The molecule has 2 aromatic rings. The largest absolute Gasteiger partial charge is 0.435 e. The molecule has 5 heteroatoms. The fraction of sp³-hybridized carbons (Fsp3) is 0.182. The molecule has 16 heavy (non-hydrogen) atoms. The molecule has 0 atom stereocenters. The number of aromatic amines is 1. The van der Waals surface area contributed by atoms with Gasteiger partial charge in [0.1, 0.15) is 0 Å². The van der Waals surface area contributed by atoms with Crippen molar-refractivity contribution in [3.63, 3.8) is 0 Å². The minimum absolute atomic E-state index is 0.0764. The van der Waals surface area contributed by atoms with Gasteiger partial charge < -0.3 is 0 Å². The summed E-state index contributed by atoms with van der Waals surface area (Å²) in [6.45, 7) is 1.88. The highest BCUT2D eigenvalue weighted by atomic mass is 19.4. The Bertz CT molecular complexity index is 483. The molecule has 84 valence electrons. The van der Waals surface area contributed by atoms with E-state index in [2.05, 4.69) is 10.2 Å². The average molecular weight is 226 g/mol. The molecule has 1 heterocycles. The van der Waals surface area contributed by atoms with Crippen LogP contribution in [0.5, 0.6) is 0 Å². The van der Waals surface area contributed by atoms with Gasteiger partial charge in [0.25, 0.3) is 0 Å². The number of nitrogens with one attached hydrogen (secondary N) is 1. The van der Waals surface area contributed by atoms with E-state index >= 15 is 0 Å². The van der Waals surface area contributed by atoms with E-state index in [0.717, 1.165) is 5.56 Å². The molecule has 0 spiro atoms. The van der Waals surface area contributed by atoms with Crippen LogP contribution in [0.15, 0.2) is 30.5 Å². The Kier molecular flexibility index (Phi) is 2.46. The highest BCUT2D eigenvalue weighted by Gasteiger charge is 2.36. The zero-order chi connectivity index (χ0) is 11.8. The number of aromatic nitrogens is 2. The fourth-order valence-electron chi connectivity index (χ4n) is 1.46. The summed E-state index contributed by atoms with van der Waals surface area (Å²) < 4.78 is 37.7. The lowest BCUT2D eigenvalue weighted by Crippen LogP contribution is -2.07. The van der Waals surface area contributed by atoms with Gasteiger partial charge >= 0.3 is 6.18 Å². The van der Waals surface area contributed by atoms with Crippen molar-refractivity contribution in [3.8, 4) is 11.1 Å². The number of aryl methyl sites for hydroxylation is 1. The van der Waals surface area contributed by atoms with Crippen molar-refractivity contribution in [2.75, 3.05) is 0 Å². The van der Waals surface area contributed by atoms with E-state index < -0.39 is 11.9 Å². The number of rotatable bonds is 1. The van der Waals surface area contributed by atoms with Gasteiger partial charge in [0.2, 0.25) is 0 Å². The van der Waals surface area contributed by atoms with Crippen LogP contribution >= 0.6 is 0 Å². The van der Waals surface area contributed by atoms with Crippen LogP contribution in [0.3, 0.4) is 0 Å². The topological polar surface area (TPSA) is 28.7 Å². The standard InChI is InChI=1S/C11H9F3N2/c1-7-2-4-8(5-3-7)9-6-15-16-10(9)11(12,13)14/h2-6H,1H3,(H,15,16). The number of halogens is 3. The van der Waals surface area contributed by atoms with E-state index in [1.54, 1.807) is 24.3 Å². The van der Waals surface area contributed by atoms with Crippen LogP contribution < -0.4 is 0 Å². The van der Waals surface area contributed by atoms with Crippen molar-refractivity contribution in [1.82, 2.24) is 10.2 Å². The summed E-state index contributed by atoms with van der Waals surface area (Å²) in [5.41, 5.74) is 0.705. The van der Waals surface area contributed by atoms with Crippen LogP contribution in [0.4, 0.5) is 13.2 Å². The van der Waals surface area contributed by atoms with Crippen LogP contribution in [0, 0.1) is 6.92 Å². The van der Waals surface area contributed by atoms with E-state index in [1.807, 2.05) is 6.92 Å². The Hall–Kier alpha value is -1.78. The fourth-order valence-corrected chi connectivity index (χ4v) is 1.46. The summed E-state index contributed by atoms with van der Waals surface area (Å²) in [6, 6.07) is 6.83. The van der Waals surface area contributed by atoms with Gasteiger partial charge in [0.05, 0.1) is 0 Å². The molecular formula is C11H9F3N2. The predicted octanol–water partition coefficient (Wildman–Crippen LogP) is 3.40. The molecular weight excluding hydrogens is 217 g/mol. The summed E-state index contributed by atoms with van der Waals surface area (Å²) in [6.07, 6.45) is -3.17. The number of nitrogens with zero attached hydrogens (tertiary/aromatic N) is 1. The molecule has 0 fully saturated rings. The third-order valence-electron chi connectivity index (χ3n) is 2.27. The molecule has 1 aromatic carbocycles. The molecule has 0 aliphatic carbocycles. The van der Waals surface area contributed by atoms with Gasteiger partial charge in [0, 0.05) is 11.8 Å². The second kappa shape index (κ2) is 3.66. The van der Waals surface area contributed by atoms with E-state index in [1.165, 1.54) is 6.20 Å². The minimum Gasteiger partial charge on any atom is -0.284 e. The number of benzene rings is 1. The van der Waals surface area contributed by atoms with Gasteiger partial charge in [-0.25, -0.2) is 0 Å². The second-order valence-corrected chi connectivity index (χ2v) is 3.51. The van der Waals surface area contributed by atoms with Crippen molar-refractivity contribution in [1.29, 1.82) is 0 Å². The Morgan fingerprint density at radius 1 is 1.12 bits per heavy atom. The predicted molar refractivity (Wildman–Crippen MR) is 53.8 cm³/mol.